The molecule has 0 aromatic heterocycles. The molecule has 1 heterocycles. The molecular formula is C13H21F3N2O2. The van der Waals surface area contributed by atoms with Crippen molar-refractivity contribution in [3.05, 3.63) is 0 Å². The molecule has 0 aliphatic carbocycles. The number of halogens is 3. The summed E-state index contributed by atoms with van der Waals surface area (Å²) in [4.78, 5) is 25.7. The fourth-order valence-corrected chi connectivity index (χ4v) is 2.41. The highest BCUT2D eigenvalue weighted by Crippen LogP contribution is 2.32. The summed E-state index contributed by atoms with van der Waals surface area (Å²) in [5, 5.41) is 2.69. The van der Waals surface area contributed by atoms with E-state index >= 15 is 0 Å². The van der Waals surface area contributed by atoms with Crippen molar-refractivity contribution >= 4 is 11.8 Å². The van der Waals surface area contributed by atoms with E-state index in [2.05, 4.69) is 5.32 Å². The molecule has 4 nitrogen and oxygen atoms in total. The van der Waals surface area contributed by atoms with Crippen molar-refractivity contribution in [2.24, 2.45) is 0 Å². The first-order valence-electron chi connectivity index (χ1n) is 6.71. The van der Waals surface area contributed by atoms with E-state index in [1.807, 2.05) is 0 Å². The van der Waals surface area contributed by atoms with Crippen molar-refractivity contribution in [2.75, 3.05) is 6.54 Å². The minimum atomic E-state index is -4.36. The molecule has 1 fully saturated rings. The lowest BCUT2D eigenvalue weighted by Gasteiger charge is -2.49. The van der Waals surface area contributed by atoms with Gasteiger partial charge in [0.2, 0.25) is 11.8 Å². The molecule has 0 bridgehead atoms. The fraction of sp³-hybridized carbons (Fsp3) is 0.846. The summed E-state index contributed by atoms with van der Waals surface area (Å²) < 4.78 is 37.2. The zero-order valence-corrected chi connectivity index (χ0v) is 12.2. The standard InChI is InChI=1S/C13H21F3N2O2/c1-5-12(6-2)10(20)18(8-7-13(14,15)16)11(3,4)9(19)17-12/h5-8H2,1-4H3,(H,17,19). The van der Waals surface area contributed by atoms with Gasteiger partial charge in [-0.2, -0.15) is 13.2 Å². The monoisotopic (exact) mass is 294 g/mol. The van der Waals surface area contributed by atoms with E-state index in [9.17, 15) is 22.8 Å². The quantitative estimate of drug-likeness (QED) is 0.864. The lowest BCUT2D eigenvalue weighted by atomic mass is 9.83. The van der Waals surface area contributed by atoms with E-state index in [1.54, 1.807) is 13.8 Å². The van der Waals surface area contributed by atoms with E-state index in [4.69, 9.17) is 0 Å². The number of piperazine rings is 1. The van der Waals surface area contributed by atoms with Crippen LogP contribution in [0.2, 0.25) is 0 Å². The highest BCUT2D eigenvalue weighted by atomic mass is 19.4. The molecule has 0 radical (unpaired) electrons. The predicted molar refractivity (Wildman–Crippen MR) is 67.9 cm³/mol. The van der Waals surface area contributed by atoms with Crippen LogP contribution in [0.4, 0.5) is 13.2 Å². The van der Waals surface area contributed by atoms with Gasteiger partial charge in [-0.3, -0.25) is 9.59 Å². The Hall–Kier alpha value is -1.27. The van der Waals surface area contributed by atoms with Gasteiger partial charge in [0.25, 0.3) is 0 Å². The van der Waals surface area contributed by atoms with Crippen LogP contribution in [0, 0.1) is 0 Å². The highest BCUT2D eigenvalue weighted by molar-refractivity contribution is 6.01. The van der Waals surface area contributed by atoms with Crippen molar-refractivity contribution in [1.82, 2.24) is 10.2 Å². The average Bonchev–Trinajstić information content (AvgIpc) is 2.32. The van der Waals surface area contributed by atoms with Crippen LogP contribution in [0.25, 0.3) is 0 Å². The summed E-state index contributed by atoms with van der Waals surface area (Å²) in [5.41, 5.74) is -2.35. The molecule has 116 valence electrons. The number of carbonyl (C=O) groups is 2. The molecule has 7 heteroatoms. The lowest BCUT2D eigenvalue weighted by Crippen LogP contribution is -2.74. The number of amides is 2. The van der Waals surface area contributed by atoms with Gasteiger partial charge in [0, 0.05) is 6.54 Å². The molecule has 1 rings (SSSR count). The van der Waals surface area contributed by atoms with Crippen molar-refractivity contribution in [1.29, 1.82) is 0 Å². The van der Waals surface area contributed by atoms with Gasteiger partial charge in [-0.1, -0.05) is 13.8 Å². The second-order valence-corrected chi connectivity index (χ2v) is 5.62. The summed E-state index contributed by atoms with van der Waals surface area (Å²) >= 11 is 0. The Morgan fingerprint density at radius 1 is 1.15 bits per heavy atom. The second-order valence-electron chi connectivity index (χ2n) is 5.62. The van der Waals surface area contributed by atoms with Crippen LogP contribution < -0.4 is 5.32 Å². The third-order valence-electron chi connectivity index (χ3n) is 4.06. The molecule has 20 heavy (non-hydrogen) atoms. The second kappa shape index (κ2) is 5.26. The predicted octanol–water partition coefficient (Wildman–Crippen LogP) is 2.23. The van der Waals surface area contributed by atoms with Gasteiger partial charge in [-0.05, 0) is 26.7 Å². The largest absolute Gasteiger partial charge is 0.390 e. The minimum absolute atomic E-state index is 0.354. The summed E-state index contributed by atoms with van der Waals surface area (Å²) in [6, 6.07) is 0. The van der Waals surface area contributed by atoms with E-state index < -0.39 is 42.0 Å². The SMILES string of the molecule is CCC1(CC)NC(=O)C(C)(C)N(CCC(F)(F)F)C1=O. The first-order valence-corrected chi connectivity index (χ1v) is 6.71. The Labute approximate surface area is 116 Å². The Bertz CT molecular complexity index is 401. The van der Waals surface area contributed by atoms with Crippen molar-refractivity contribution in [3.63, 3.8) is 0 Å². The molecule has 1 aliphatic rings. The summed E-state index contributed by atoms with van der Waals surface area (Å²) in [6.45, 7) is 5.91. The van der Waals surface area contributed by atoms with Crippen LogP contribution in [0.15, 0.2) is 0 Å². The van der Waals surface area contributed by atoms with Crippen LogP contribution in [0.3, 0.4) is 0 Å². The van der Waals surface area contributed by atoms with E-state index in [1.165, 1.54) is 13.8 Å². The maximum atomic E-state index is 12.5. The maximum Gasteiger partial charge on any atom is 0.390 e. The Morgan fingerprint density at radius 3 is 2.05 bits per heavy atom. The number of hydrogen-bond acceptors (Lipinski definition) is 2. The van der Waals surface area contributed by atoms with Crippen molar-refractivity contribution < 1.29 is 22.8 Å². The molecule has 1 N–H and O–H groups in total. The van der Waals surface area contributed by atoms with Crippen LogP contribution in [-0.2, 0) is 9.59 Å². The van der Waals surface area contributed by atoms with Crippen LogP contribution >= 0.6 is 0 Å². The molecule has 0 spiro atoms. The molecule has 1 aliphatic heterocycles. The summed E-state index contributed by atoms with van der Waals surface area (Å²) in [6.07, 6.45) is -4.76. The summed E-state index contributed by atoms with van der Waals surface area (Å²) in [5.74, 6) is -0.848. The molecule has 0 aromatic carbocycles. The number of nitrogens with one attached hydrogen (secondary N) is 1. The Kier molecular flexibility index (Phi) is 4.41. The van der Waals surface area contributed by atoms with Crippen LogP contribution in [0.1, 0.15) is 47.0 Å². The Morgan fingerprint density at radius 2 is 1.65 bits per heavy atom. The van der Waals surface area contributed by atoms with Gasteiger partial charge in [-0.25, -0.2) is 0 Å². The highest BCUT2D eigenvalue weighted by Gasteiger charge is 2.53. The molecule has 2 amide bonds. The molecule has 0 saturated carbocycles. The molecular weight excluding hydrogens is 273 g/mol. The van der Waals surface area contributed by atoms with Gasteiger partial charge in [0.15, 0.2) is 0 Å². The average molecular weight is 294 g/mol. The molecule has 1 saturated heterocycles. The lowest BCUT2D eigenvalue weighted by molar-refractivity contribution is -0.168. The zero-order valence-electron chi connectivity index (χ0n) is 12.2. The number of rotatable bonds is 4. The third kappa shape index (κ3) is 2.91. The molecule has 0 atom stereocenters. The zero-order chi connectivity index (χ0) is 15.8. The van der Waals surface area contributed by atoms with Gasteiger partial charge < -0.3 is 10.2 Å². The Balaban J connectivity index is 3.08. The third-order valence-corrected chi connectivity index (χ3v) is 4.06. The molecule has 0 aromatic rings. The molecule has 0 unspecified atom stereocenters. The first-order chi connectivity index (χ1) is 9.00. The smallest absolute Gasteiger partial charge is 0.340 e. The van der Waals surface area contributed by atoms with Crippen molar-refractivity contribution in [3.8, 4) is 0 Å². The number of alkyl halides is 3. The first kappa shape index (κ1) is 16.8. The van der Waals surface area contributed by atoms with Crippen LogP contribution in [0.5, 0.6) is 0 Å². The topological polar surface area (TPSA) is 49.4 Å². The number of carbonyl (C=O) groups excluding carboxylic acids is 2. The van der Waals surface area contributed by atoms with E-state index in [0.717, 1.165) is 4.90 Å². The normalized spacial score (nSPS) is 21.9. The van der Waals surface area contributed by atoms with E-state index in [0.29, 0.717) is 12.8 Å². The summed E-state index contributed by atoms with van der Waals surface area (Å²) in [7, 11) is 0. The van der Waals surface area contributed by atoms with Crippen LogP contribution in [-0.4, -0.2) is 40.5 Å². The number of nitrogens with zero attached hydrogens (tertiary/aromatic N) is 1. The van der Waals surface area contributed by atoms with Crippen molar-refractivity contribution in [2.45, 2.75) is 64.2 Å². The number of hydrogen-bond donors (Lipinski definition) is 1. The van der Waals surface area contributed by atoms with Gasteiger partial charge in [0.1, 0.15) is 11.1 Å². The minimum Gasteiger partial charge on any atom is -0.340 e. The van der Waals surface area contributed by atoms with Gasteiger partial charge >= 0.3 is 6.18 Å². The van der Waals surface area contributed by atoms with E-state index in [-0.39, 0.29) is 0 Å². The van der Waals surface area contributed by atoms with Gasteiger partial charge in [0.05, 0.1) is 6.42 Å². The maximum absolute atomic E-state index is 12.5. The fourth-order valence-electron chi connectivity index (χ4n) is 2.41. The van der Waals surface area contributed by atoms with Gasteiger partial charge in [-0.15, -0.1) is 0 Å².